The van der Waals surface area contributed by atoms with E-state index in [0.29, 0.717) is 16.5 Å². The van der Waals surface area contributed by atoms with E-state index in [4.69, 9.17) is 23.2 Å². The summed E-state index contributed by atoms with van der Waals surface area (Å²) in [6.07, 6.45) is 1.51. The van der Waals surface area contributed by atoms with Crippen LogP contribution in [0.5, 0.6) is 0 Å². The van der Waals surface area contributed by atoms with Gasteiger partial charge in [0.1, 0.15) is 5.78 Å². The number of benzene rings is 2. The Bertz CT molecular complexity index is 781. The summed E-state index contributed by atoms with van der Waals surface area (Å²) in [7, 11) is 0. The molecular weight excluding hydrogens is 303 g/mol. The van der Waals surface area contributed by atoms with Crippen molar-refractivity contribution in [1.29, 1.82) is 0 Å². The highest BCUT2D eigenvalue weighted by atomic mass is 35.5. The van der Waals surface area contributed by atoms with Crippen LogP contribution in [-0.2, 0) is 10.2 Å². The van der Waals surface area contributed by atoms with Gasteiger partial charge in [0, 0.05) is 22.4 Å². The Morgan fingerprint density at radius 1 is 1.14 bits per heavy atom. The standard InChI is InChI=1S/C18H14Cl2O/c1-18-14(6-7-16(18)21)12-5-3-2-4-11(12)13-8-10(19)9-15(20)17(13)18/h2-5,8-9,14H,6-7H2,1H3/t14-,18-/m1/s1. The second-order valence-electron chi connectivity index (χ2n) is 6.11. The number of hydrogen-bond donors (Lipinski definition) is 0. The van der Waals surface area contributed by atoms with Gasteiger partial charge < -0.3 is 0 Å². The Hall–Kier alpha value is -1.31. The lowest BCUT2D eigenvalue weighted by Crippen LogP contribution is -2.36. The van der Waals surface area contributed by atoms with Crippen molar-refractivity contribution >= 4 is 29.0 Å². The molecule has 2 aromatic rings. The molecule has 0 aromatic heterocycles. The minimum absolute atomic E-state index is 0.215. The quantitative estimate of drug-likeness (QED) is 0.637. The summed E-state index contributed by atoms with van der Waals surface area (Å²) in [5, 5.41) is 1.22. The predicted molar refractivity (Wildman–Crippen MR) is 86.2 cm³/mol. The number of carbonyl (C=O) groups is 1. The maximum absolute atomic E-state index is 12.6. The van der Waals surface area contributed by atoms with Crippen LogP contribution in [0.2, 0.25) is 10.0 Å². The summed E-state index contributed by atoms with van der Waals surface area (Å²) >= 11 is 12.7. The maximum Gasteiger partial charge on any atom is 0.143 e. The molecule has 2 aromatic carbocycles. The molecule has 0 saturated heterocycles. The predicted octanol–water partition coefficient (Wildman–Crippen LogP) is 5.38. The monoisotopic (exact) mass is 316 g/mol. The van der Waals surface area contributed by atoms with Crippen molar-refractivity contribution < 1.29 is 4.79 Å². The number of carbonyl (C=O) groups excluding carboxylic acids is 1. The van der Waals surface area contributed by atoms with Gasteiger partial charge in [0.15, 0.2) is 0 Å². The van der Waals surface area contributed by atoms with E-state index in [-0.39, 0.29) is 11.7 Å². The Morgan fingerprint density at radius 2 is 1.90 bits per heavy atom. The Labute approximate surface area is 133 Å². The molecule has 0 aliphatic heterocycles. The Kier molecular flexibility index (Phi) is 2.76. The Morgan fingerprint density at radius 3 is 2.71 bits per heavy atom. The van der Waals surface area contributed by atoms with Crippen molar-refractivity contribution in [2.24, 2.45) is 0 Å². The maximum atomic E-state index is 12.6. The number of halogens is 2. The zero-order valence-electron chi connectivity index (χ0n) is 11.6. The van der Waals surface area contributed by atoms with Crippen LogP contribution in [0.15, 0.2) is 36.4 Å². The fourth-order valence-corrected chi connectivity index (χ4v) is 4.85. The molecule has 3 heteroatoms. The lowest BCUT2D eigenvalue weighted by Gasteiger charge is -2.39. The molecule has 4 rings (SSSR count). The molecule has 0 amide bonds. The van der Waals surface area contributed by atoms with Gasteiger partial charge in [-0.25, -0.2) is 0 Å². The summed E-state index contributed by atoms with van der Waals surface area (Å²) < 4.78 is 0. The summed E-state index contributed by atoms with van der Waals surface area (Å²) in [6, 6.07) is 12.0. The third kappa shape index (κ3) is 1.62. The number of rotatable bonds is 0. The van der Waals surface area contributed by atoms with Gasteiger partial charge in [-0.1, -0.05) is 47.5 Å². The molecule has 1 nitrogen and oxygen atoms in total. The number of ketones is 1. The molecule has 0 spiro atoms. The van der Waals surface area contributed by atoms with Crippen molar-refractivity contribution in [3.05, 3.63) is 57.6 Å². The fourth-order valence-electron chi connectivity index (χ4n) is 4.16. The zero-order chi connectivity index (χ0) is 14.8. The molecule has 0 heterocycles. The highest BCUT2D eigenvalue weighted by Crippen LogP contribution is 2.58. The molecule has 21 heavy (non-hydrogen) atoms. The minimum atomic E-state index is -0.522. The third-order valence-electron chi connectivity index (χ3n) is 5.14. The van der Waals surface area contributed by atoms with Crippen LogP contribution in [-0.4, -0.2) is 5.78 Å². The highest BCUT2D eigenvalue weighted by molar-refractivity contribution is 6.36. The summed E-state index contributed by atoms with van der Waals surface area (Å²) in [6.45, 7) is 2.04. The van der Waals surface area contributed by atoms with Crippen molar-refractivity contribution in [3.8, 4) is 11.1 Å². The van der Waals surface area contributed by atoms with Gasteiger partial charge >= 0.3 is 0 Å². The number of Topliss-reactive ketones (excluding diaryl/α,β-unsaturated/α-hetero) is 1. The van der Waals surface area contributed by atoms with E-state index >= 15 is 0 Å². The van der Waals surface area contributed by atoms with Crippen LogP contribution in [0.4, 0.5) is 0 Å². The van der Waals surface area contributed by atoms with Gasteiger partial charge in [0.25, 0.3) is 0 Å². The lowest BCUT2D eigenvalue weighted by atomic mass is 9.63. The zero-order valence-corrected chi connectivity index (χ0v) is 13.1. The molecule has 2 aliphatic carbocycles. The first-order valence-corrected chi connectivity index (χ1v) is 7.91. The summed E-state index contributed by atoms with van der Waals surface area (Å²) in [5.41, 5.74) is 3.85. The van der Waals surface area contributed by atoms with E-state index in [2.05, 4.69) is 12.1 Å². The van der Waals surface area contributed by atoms with E-state index in [1.54, 1.807) is 6.07 Å². The second-order valence-corrected chi connectivity index (χ2v) is 6.96. The minimum Gasteiger partial charge on any atom is -0.299 e. The van der Waals surface area contributed by atoms with E-state index in [0.717, 1.165) is 23.1 Å². The largest absolute Gasteiger partial charge is 0.299 e. The first-order chi connectivity index (χ1) is 10.0. The van der Waals surface area contributed by atoms with E-state index in [9.17, 15) is 4.79 Å². The fraction of sp³-hybridized carbons (Fsp3) is 0.278. The molecule has 1 saturated carbocycles. The van der Waals surface area contributed by atoms with Gasteiger partial charge in [-0.15, -0.1) is 0 Å². The molecule has 0 bridgehead atoms. The van der Waals surface area contributed by atoms with Gasteiger partial charge in [-0.3, -0.25) is 4.79 Å². The molecule has 0 N–H and O–H groups in total. The van der Waals surface area contributed by atoms with Crippen LogP contribution in [0, 0.1) is 0 Å². The summed E-state index contributed by atoms with van der Waals surface area (Å²) in [5.74, 6) is 0.500. The molecule has 2 atom stereocenters. The SMILES string of the molecule is C[C@]12C(=O)CC[C@@H]1c1ccccc1-c1cc(Cl)cc(Cl)c12. The molecule has 106 valence electrons. The first-order valence-electron chi connectivity index (χ1n) is 7.15. The smallest absolute Gasteiger partial charge is 0.143 e. The molecule has 2 aliphatic rings. The lowest BCUT2D eigenvalue weighted by molar-refractivity contribution is -0.121. The highest BCUT2D eigenvalue weighted by Gasteiger charge is 2.52. The average molecular weight is 317 g/mol. The van der Waals surface area contributed by atoms with Gasteiger partial charge in [-0.2, -0.15) is 0 Å². The van der Waals surface area contributed by atoms with Crippen LogP contribution in [0.1, 0.15) is 36.8 Å². The number of hydrogen-bond acceptors (Lipinski definition) is 1. The van der Waals surface area contributed by atoms with Crippen LogP contribution >= 0.6 is 23.2 Å². The van der Waals surface area contributed by atoms with E-state index < -0.39 is 5.41 Å². The van der Waals surface area contributed by atoms with Crippen LogP contribution in [0.25, 0.3) is 11.1 Å². The Balaban J connectivity index is 2.15. The second kappa shape index (κ2) is 4.34. The summed E-state index contributed by atoms with van der Waals surface area (Å²) in [4.78, 5) is 12.6. The van der Waals surface area contributed by atoms with Crippen LogP contribution in [0.3, 0.4) is 0 Å². The van der Waals surface area contributed by atoms with Crippen LogP contribution < -0.4 is 0 Å². The first kappa shape index (κ1) is 13.4. The molecular formula is C18H14Cl2O. The van der Waals surface area contributed by atoms with Crippen molar-refractivity contribution in [1.82, 2.24) is 0 Å². The molecule has 0 radical (unpaired) electrons. The number of fused-ring (bicyclic) bond motifs is 6. The van der Waals surface area contributed by atoms with E-state index in [1.165, 1.54) is 5.56 Å². The third-order valence-corrected chi connectivity index (χ3v) is 5.65. The van der Waals surface area contributed by atoms with Crippen molar-refractivity contribution in [2.75, 3.05) is 0 Å². The molecule has 1 fully saturated rings. The van der Waals surface area contributed by atoms with E-state index in [1.807, 2.05) is 25.1 Å². The topological polar surface area (TPSA) is 17.1 Å². The van der Waals surface area contributed by atoms with Crippen molar-refractivity contribution in [3.63, 3.8) is 0 Å². The average Bonchev–Trinajstić information content (AvgIpc) is 2.75. The van der Waals surface area contributed by atoms with Gasteiger partial charge in [-0.05, 0) is 47.7 Å². The van der Waals surface area contributed by atoms with Gasteiger partial charge in [0.2, 0.25) is 0 Å². The van der Waals surface area contributed by atoms with Gasteiger partial charge in [0.05, 0.1) is 5.41 Å². The molecule has 0 unspecified atom stereocenters. The van der Waals surface area contributed by atoms with Crippen molar-refractivity contribution in [2.45, 2.75) is 31.1 Å². The normalized spacial score (nSPS) is 26.2.